The Hall–Kier alpha value is -1.61. The maximum absolute atomic E-state index is 4.80. The van der Waals surface area contributed by atoms with Crippen molar-refractivity contribution in [2.45, 2.75) is 46.2 Å². The fourth-order valence-electron chi connectivity index (χ4n) is 2.05. The van der Waals surface area contributed by atoms with Gasteiger partial charge in [-0.2, -0.15) is 0 Å². The number of rotatable bonds is 9. The Morgan fingerprint density at radius 2 is 1.76 bits per heavy atom. The summed E-state index contributed by atoms with van der Waals surface area (Å²) in [5, 5.41) is 3.47. The van der Waals surface area contributed by atoms with Crippen molar-refractivity contribution >= 4 is 5.82 Å². The molecule has 1 N–H and O–H groups in total. The summed E-state index contributed by atoms with van der Waals surface area (Å²) in [6, 6.07) is 4.83. The van der Waals surface area contributed by atoms with Crippen molar-refractivity contribution in [1.29, 1.82) is 0 Å². The first-order valence-corrected chi connectivity index (χ1v) is 7.68. The second kappa shape index (κ2) is 8.63. The number of hydrogen-bond donors (Lipinski definition) is 1. The molecule has 116 valence electrons. The van der Waals surface area contributed by atoms with E-state index in [0.717, 1.165) is 31.1 Å². The Morgan fingerprint density at radius 3 is 2.24 bits per heavy atom. The molecule has 1 aromatic heterocycles. The van der Waals surface area contributed by atoms with E-state index < -0.39 is 0 Å². The van der Waals surface area contributed by atoms with Crippen LogP contribution in [0.25, 0.3) is 0 Å². The minimum absolute atomic E-state index is 0.414. The van der Waals surface area contributed by atoms with E-state index in [0.29, 0.717) is 12.0 Å². The lowest BCUT2D eigenvalue weighted by atomic mass is 10.1. The normalized spacial score (nSPS) is 11.0. The maximum Gasteiger partial charge on any atom is 0.129 e. The topological polar surface area (TPSA) is 28.2 Å². The molecule has 3 nitrogen and oxygen atoms in total. The predicted octanol–water partition coefficient (Wildman–Crippen LogP) is 3.88. The molecule has 0 aliphatic rings. The number of aromatic nitrogens is 1. The molecule has 0 bridgehead atoms. The SMILES string of the molecule is C=CCN(CC=C)c1cc(CNC(C)C)cc(C(C)C)n1. The molecule has 0 fully saturated rings. The Labute approximate surface area is 129 Å². The van der Waals surface area contributed by atoms with Gasteiger partial charge in [0.2, 0.25) is 0 Å². The van der Waals surface area contributed by atoms with Crippen molar-refractivity contribution in [3.8, 4) is 0 Å². The number of anilines is 1. The van der Waals surface area contributed by atoms with Crippen LogP contribution in [0.4, 0.5) is 5.82 Å². The van der Waals surface area contributed by atoms with E-state index in [1.807, 2.05) is 12.2 Å². The average Bonchev–Trinajstić information content (AvgIpc) is 2.44. The molecule has 1 rings (SSSR count). The standard InChI is InChI=1S/C18H29N3/c1-7-9-21(10-8-2)18-12-16(13-19-15(5)6)11-17(20-18)14(3)4/h7-8,11-12,14-15,19H,1-2,9-10,13H2,3-6H3. The summed E-state index contributed by atoms with van der Waals surface area (Å²) >= 11 is 0. The smallest absolute Gasteiger partial charge is 0.129 e. The predicted molar refractivity (Wildman–Crippen MR) is 92.9 cm³/mol. The third-order valence-corrected chi connectivity index (χ3v) is 3.22. The van der Waals surface area contributed by atoms with Gasteiger partial charge in [-0.3, -0.25) is 0 Å². The summed E-state index contributed by atoms with van der Waals surface area (Å²) in [4.78, 5) is 6.99. The first-order valence-electron chi connectivity index (χ1n) is 7.68. The molecule has 0 aromatic carbocycles. The van der Waals surface area contributed by atoms with Crippen molar-refractivity contribution in [1.82, 2.24) is 10.3 Å². The van der Waals surface area contributed by atoms with Crippen LogP contribution in [0.1, 0.15) is 44.9 Å². The largest absolute Gasteiger partial charge is 0.349 e. The second-order valence-corrected chi connectivity index (χ2v) is 5.93. The van der Waals surface area contributed by atoms with Gasteiger partial charge < -0.3 is 10.2 Å². The molecule has 0 radical (unpaired) electrons. The highest BCUT2D eigenvalue weighted by Gasteiger charge is 2.11. The fraction of sp³-hybridized carbons (Fsp3) is 0.500. The summed E-state index contributed by atoms with van der Waals surface area (Å²) in [6.45, 7) is 18.8. The van der Waals surface area contributed by atoms with Gasteiger partial charge in [0.15, 0.2) is 0 Å². The summed E-state index contributed by atoms with van der Waals surface area (Å²) in [5.74, 6) is 1.42. The third-order valence-electron chi connectivity index (χ3n) is 3.22. The monoisotopic (exact) mass is 287 g/mol. The van der Waals surface area contributed by atoms with E-state index in [-0.39, 0.29) is 0 Å². The Balaban J connectivity index is 3.10. The number of hydrogen-bond acceptors (Lipinski definition) is 3. The van der Waals surface area contributed by atoms with E-state index >= 15 is 0 Å². The molecule has 1 heterocycles. The molecule has 0 aliphatic heterocycles. The van der Waals surface area contributed by atoms with Crippen LogP contribution in [0.2, 0.25) is 0 Å². The Bertz CT molecular complexity index is 454. The number of nitrogens with one attached hydrogen (secondary N) is 1. The molecular weight excluding hydrogens is 258 g/mol. The van der Waals surface area contributed by atoms with Crippen LogP contribution in [-0.4, -0.2) is 24.1 Å². The van der Waals surface area contributed by atoms with Crippen molar-refractivity contribution in [3.63, 3.8) is 0 Å². The van der Waals surface area contributed by atoms with E-state index in [4.69, 9.17) is 4.98 Å². The molecule has 0 amide bonds. The highest BCUT2D eigenvalue weighted by molar-refractivity contribution is 5.44. The molecule has 0 atom stereocenters. The summed E-state index contributed by atoms with van der Waals surface area (Å²) in [5.41, 5.74) is 2.40. The van der Waals surface area contributed by atoms with Gasteiger partial charge in [0, 0.05) is 31.4 Å². The van der Waals surface area contributed by atoms with Crippen LogP contribution >= 0.6 is 0 Å². The molecule has 0 aliphatic carbocycles. The quantitative estimate of drug-likeness (QED) is 0.699. The van der Waals surface area contributed by atoms with E-state index in [1.54, 1.807) is 0 Å². The van der Waals surface area contributed by atoms with Crippen LogP contribution in [0.3, 0.4) is 0 Å². The van der Waals surface area contributed by atoms with Crippen LogP contribution in [0, 0.1) is 0 Å². The third kappa shape index (κ3) is 5.72. The Kier molecular flexibility index (Phi) is 7.17. The van der Waals surface area contributed by atoms with Gasteiger partial charge in [-0.25, -0.2) is 4.98 Å². The summed E-state index contributed by atoms with van der Waals surface area (Å²) in [7, 11) is 0. The van der Waals surface area contributed by atoms with Gasteiger partial charge in [0.1, 0.15) is 5.82 Å². The minimum atomic E-state index is 0.414. The summed E-state index contributed by atoms with van der Waals surface area (Å²) in [6.07, 6.45) is 3.80. The van der Waals surface area contributed by atoms with Crippen LogP contribution in [0.5, 0.6) is 0 Å². The number of nitrogens with zero attached hydrogens (tertiary/aromatic N) is 2. The Morgan fingerprint density at radius 1 is 1.14 bits per heavy atom. The first kappa shape index (κ1) is 17.4. The van der Waals surface area contributed by atoms with Crippen LogP contribution in [0.15, 0.2) is 37.4 Å². The lowest BCUT2D eigenvalue weighted by Gasteiger charge is -2.23. The highest BCUT2D eigenvalue weighted by Crippen LogP contribution is 2.20. The number of pyridine rings is 1. The van der Waals surface area contributed by atoms with Gasteiger partial charge in [-0.1, -0.05) is 39.8 Å². The van der Waals surface area contributed by atoms with Crippen LogP contribution < -0.4 is 10.2 Å². The van der Waals surface area contributed by atoms with E-state index in [9.17, 15) is 0 Å². The maximum atomic E-state index is 4.80. The molecule has 0 saturated heterocycles. The highest BCUT2D eigenvalue weighted by atomic mass is 15.2. The van der Waals surface area contributed by atoms with Crippen molar-refractivity contribution in [2.75, 3.05) is 18.0 Å². The van der Waals surface area contributed by atoms with Gasteiger partial charge in [-0.05, 0) is 23.6 Å². The molecule has 21 heavy (non-hydrogen) atoms. The van der Waals surface area contributed by atoms with Gasteiger partial charge >= 0.3 is 0 Å². The van der Waals surface area contributed by atoms with Gasteiger partial charge in [-0.15, -0.1) is 13.2 Å². The average molecular weight is 287 g/mol. The molecular formula is C18H29N3. The minimum Gasteiger partial charge on any atom is -0.349 e. The van der Waals surface area contributed by atoms with Gasteiger partial charge in [0.05, 0.1) is 0 Å². The van der Waals surface area contributed by atoms with Crippen molar-refractivity contribution in [2.24, 2.45) is 0 Å². The first-order chi connectivity index (χ1) is 9.97. The van der Waals surface area contributed by atoms with E-state index in [1.165, 1.54) is 5.56 Å². The molecule has 3 heteroatoms. The van der Waals surface area contributed by atoms with Crippen LogP contribution in [-0.2, 0) is 6.54 Å². The zero-order valence-electron chi connectivity index (χ0n) is 13.9. The van der Waals surface area contributed by atoms with Crippen molar-refractivity contribution < 1.29 is 0 Å². The molecule has 0 saturated carbocycles. The molecule has 0 unspecified atom stereocenters. The zero-order chi connectivity index (χ0) is 15.8. The van der Waals surface area contributed by atoms with Crippen molar-refractivity contribution in [3.05, 3.63) is 48.7 Å². The lowest BCUT2D eigenvalue weighted by Crippen LogP contribution is -2.26. The van der Waals surface area contributed by atoms with Gasteiger partial charge in [0.25, 0.3) is 0 Å². The second-order valence-electron chi connectivity index (χ2n) is 5.93. The van der Waals surface area contributed by atoms with E-state index in [2.05, 4.69) is 63.2 Å². The lowest BCUT2D eigenvalue weighted by molar-refractivity contribution is 0.587. The molecule has 1 aromatic rings. The molecule has 0 spiro atoms. The summed E-state index contributed by atoms with van der Waals surface area (Å²) < 4.78 is 0. The fourth-order valence-corrected chi connectivity index (χ4v) is 2.05. The zero-order valence-corrected chi connectivity index (χ0v) is 13.9.